The van der Waals surface area contributed by atoms with E-state index in [2.05, 4.69) is 29.4 Å². The van der Waals surface area contributed by atoms with E-state index in [-0.39, 0.29) is 5.91 Å². The Hall–Kier alpha value is -2.14. The number of aryl methyl sites for hydroxylation is 2. The van der Waals surface area contributed by atoms with E-state index in [1.807, 2.05) is 17.9 Å². The molecule has 5 nitrogen and oxygen atoms in total. The molecule has 1 aromatic carbocycles. The first-order chi connectivity index (χ1) is 10.6. The van der Waals surface area contributed by atoms with Gasteiger partial charge in [0.1, 0.15) is 17.9 Å². The van der Waals surface area contributed by atoms with Gasteiger partial charge >= 0.3 is 0 Å². The molecule has 1 fully saturated rings. The average Bonchev–Trinajstić information content (AvgIpc) is 2.87. The minimum atomic E-state index is 0.0509. The van der Waals surface area contributed by atoms with Crippen molar-refractivity contribution in [1.82, 2.24) is 10.1 Å². The van der Waals surface area contributed by atoms with Crippen molar-refractivity contribution in [3.05, 3.63) is 52.9 Å². The van der Waals surface area contributed by atoms with Crippen molar-refractivity contribution in [1.29, 1.82) is 0 Å². The highest BCUT2D eigenvalue weighted by atomic mass is 16.5. The van der Waals surface area contributed by atoms with Crippen LogP contribution in [0, 0.1) is 13.8 Å². The summed E-state index contributed by atoms with van der Waals surface area (Å²) in [6.07, 6.45) is 0. The van der Waals surface area contributed by atoms with Gasteiger partial charge in [-0.2, -0.15) is 0 Å². The summed E-state index contributed by atoms with van der Waals surface area (Å²) in [6.45, 7) is 8.16. The molecule has 22 heavy (non-hydrogen) atoms. The summed E-state index contributed by atoms with van der Waals surface area (Å²) in [5.74, 6) is 0.663. The molecule has 1 aliphatic heterocycles. The number of quaternary nitrogens is 1. The maximum Gasteiger partial charge on any atom is 0.259 e. The van der Waals surface area contributed by atoms with Crippen molar-refractivity contribution in [2.24, 2.45) is 0 Å². The van der Waals surface area contributed by atoms with Gasteiger partial charge in [0.15, 0.2) is 0 Å². The van der Waals surface area contributed by atoms with Gasteiger partial charge in [0.05, 0.1) is 31.9 Å². The number of aromatic nitrogens is 1. The smallest absolute Gasteiger partial charge is 0.259 e. The minimum Gasteiger partial charge on any atom is -0.361 e. The normalized spacial score (nSPS) is 16.0. The fourth-order valence-electron chi connectivity index (χ4n) is 3.03. The molecule has 2 heterocycles. The molecule has 0 atom stereocenters. The molecule has 1 aliphatic rings. The Kier molecular flexibility index (Phi) is 4.24. The van der Waals surface area contributed by atoms with Crippen molar-refractivity contribution in [2.75, 3.05) is 26.2 Å². The Bertz CT molecular complexity index is 624. The molecule has 0 aliphatic carbocycles. The number of carbonyl (C=O) groups is 1. The third-order valence-corrected chi connectivity index (χ3v) is 4.30. The number of piperazine rings is 1. The summed E-state index contributed by atoms with van der Waals surface area (Å²) in [5, 5.41) is 3.88. The van der Waals surface area contributed by atoms with Gasteiger partial charge in [0, 0.05) is 5.56 Å². The van der Waals surface area contributed by atoms with Crippen LogP contribution in [0.3, 0.4) is 0 Å². The molecule has 0 bridgehead atoms. The number of hydrogen-bond acceptors (Lipinski definition) is 3. The van der Waals surface area contributed by atoms with Crippen molar-refractivity contribution in [3.8, 4) is 0 Å². The molecule has 3 rings (SSSR count). The molecular formula is C17H22N3O2+. The van der Waals surface area contributed by atoms with Crippen LogP contribution in [0.2, 0.25) is 0 Å². The summed E-state index contributed by atoms with van der Waals surface area (Å²) in [6, 6.07) is 10.5. The first kappa shape index (κ1) is 14.8. The lowest BCUT2D eigenvalue weighted by atomic mass is 10.1. The SMILES string of the molecule is Cc1noc(C)c1C(=O)N1CC[NH+](Cc2ccccc2)CC1. The van der Waals surface area contributed by atoms with Crippen LogP contribution in [-0.4, -0.2) is 42.1 Å². The van der Waals surface area contributed by atoms with Gasteiger partial charge in [0.25, 0.3) is 5.91 Å². The highest BCUT2D eigenvalue weighted by Gasteiger charge is 2.28. The Balaban J connectivity index is 1.59. The van der Waals surface area contributed by atoms with Gasteiger partial charge in [-0.3, -0.25) is 4.79 Å². The van der Waals surface area contributed by atoms with Crippen molar-refractivity contribution >= 4 is 5.91 Å². The Morgan fingerprint density at radius 1 is 1.23 bits per heavy atom. The summed E-state index contributed by atoms with van der Waals surface area (Å²) in [7, 11) is 0. The van der Waals surface area contributed by atoms with Gasteiger partial charge in [0.2, 0.25) is 0 Å². The van der Waals surface area contributed by atoms with E-state index in [9.17, 15) is 4.79 Å². The number of nitrogens with zero attached hydrogens (tertiary/aromatic N) is 2. The van der Waals surface area contributed by atoms with Crippen LogP contribution in [-0.2, 0) is 6.54 Å². The van der Waals surface area contributed by atoms with Crippen LogP contribution >= 0.6 is 0 Å². The van der Waals surface area contributed by atoms with Gasteiger partial charge < -0.3 is 14.3 Å². The number of carbonyl (C=O) groups excluding carboxylic acids is 1. The van der Waals surface area contributed by atoms with E-state index < -0.39 is 0 Å². The molecule has 0 radical (unpaired) electrons. The lowest BCUT2D eigenvalue weighted by Crippen LogP contribution is -3.13. The van der Waals surface area contributed by atoms with E-state index in [0.717, 1.165) is 32.7 Å². The van der Waals surface area contributed by atoms with E-state index in [4.69, 9.17) is 4.52 Å². The zero-order valence-electron chi connectivity index (χ0n) is 13.1. The Labute approximate surface area is 130 Å². The van der Waals surface area contributed by atoms with Crippen LogP contribution in [0.5, 0.6) is 0 Å². The number of rotatable bonds is 3. The highest BCUT2D eigenvalue weighted by Crippen LogP contribution is 2.15. The summed E-state index contributed by atoms with van der Waals surface area (Å²) >= 11 is 0. The van der Waals surface area contributed by atoms with E-state index in [1.165, 1.54) is 10.5 Å². The first-order valence-electron chi connectivity index (χ1n) is 7.75. The average molecular weight is 300 g/mol. The van der Waals surface area contributed by atoms with Crippen LogP contribution < -0.4 is 4.90 Å². The fourth-order valence-corrected chi connectivity index (χ4v) is 3.03. The van der Waals surface area contributed by atoms with Crippen molar-refractivity contribution < 1.29 is 14.2 Å². The third-order valence-electron chi connectivity index (χ3n) is 4.30. The number of benzene rings is 1. The Morgan fingerprint density at radius 3 is 2.50 bits per heavy atom. The second kappa shape index (κ2) is 6.32. The van der Waals surface area contributed by atoms with E-state index in [1.54, 1.807) is 6.92 Å². The fraction of sp³-hybridized carbons (Fsp3) is 0.412. The zero-order valence-corrected chi connectivity index (χ0v) is 13.1. The number of nitrogens with one attached hydrogen (secondary N) is 1. The molecule has 1 saturated heterocycles. The zero-order chi connectivity index (χ0) is 15.5. The van der Waals surface area contributed by atoms with Crippen LogP contribution in [0.4, 0.5) is 0 Å². The maximum absolute atomic E-state index is 12.6. The van der Waals surface area contributed by atoms with Crippen LogP contribution in [0.1, 0.15) is 27.4 Å². The molecule has 116 valence electrons. The molecule has 1 aromatic heterocycles. The van der Waals surface area contributed by atoms with Gasteiger partial charge in [-0.15, -0.1) is 0 Å². The summed E-state index contributed by atoms with van der Waals surface area (Å²) in [4.78, 5) is 16.0. The largest absolute Gasteiger partial charge is 0.361 e. The number of amides is 1. The summed E-state index contributed by atoms with van der Waals surface area (Å²) in [5.41, 5.74) is 2.66. The molecular weight excluding hydrogens is 278 g/mol. The molecule has 1 amide bonds. The maximum atomic E-state index is 12.6. The predicted octanol–water partition coefficient (Wildman–Crippen LogP) is 0.832. The first-order valence-corrected chi connectivity index (χ1v) is 7.75. The second-order valence-electron chi connectivity index (χ2n) is 5.90. The van der Waals surface area contributed by atoms with Crippen molar-refractivity contribution in [2.45, 2.75) is 20.4 Å². The number of hydrogen-bond donors (Lipinski definition) is 1. The van der Waals surface area contributed by atoms with Gasteiger partial charge in [-0.05, 0) is 13.8 Å². The van der Waals surface area contributed by atoms with Crippen LogP contribution in [0.15, 0.2) is 34.9 Å². The quantitative estimate of drug-likeness (QED) is 0.913. The highest BCUT2D eigenvalue weighted by molar-refractivity contribution is 5.96. The van der Waals surface area contributed by atoms with Gasteiger partial charge in [-0.1, -0.05) is 35.5 Å². The lowest BCUT2D eigenvalue weighted by molar-refractivity contribution is -0.917. The lowest BCUT2D eigenvalue weighted by Gasteiger charge is -2.32. The van der Waals surface area contributed by atoms with E-state index >= 15 is 0 Å². The molecule has 0 saturated carbocycles. The van der Waals surface area contributed by atoms with Gasteiger partial charge in [-0.25, -0.2) is 0 Å². The third kappa shape index (κ3) is 3.04. The predicted molar refractivity (Wildman–Crippen MR) is 82.7 cm³/mol. The molecule has 0 unspecified atom stereocenters. The molecule has 0 spiro atoms. The Morgan fingerprint density at radius 2 is 1.91 bits per heavy atom. The monoisotopic (exact) mass is 300 g/mol. The standard InChI is InChI=1S/C17H21N3O2/c1-13-16(14(2)22-18-13)17(21)20-10-8-19(9-11-20)12-15-6-4-3-5-7-15/h3-7H,8-12H2,1-2H3/p+1. The molecule has 2 aromatic rings. The van der Waals surface area contributed by atoms with Crippen molar-refractivity contribution in [3.63, 3.8) is 0 Å². The minimum absolute atomic E-state index is 0.0509. The van der Waals surface area contributed by atoms with Crippen LogP contribution in [0.25, 0.3) is 0 Å². The molecule has 1 N–H and O–H groups in total. The second-order valence-corrected chi connectivity index (χ2v) is 5.90. The molecule has 5 heteroatoms. The topological polar surface area (TPSA) is 50.8 Å². The summed E-state index contributed by atoms with van der Waals surface area (Å²) < 4.78 is 5.10. The van der Waals surface area contributed by atoms with E-state index in [0.29, 0.717) is 17.0 Å².